The molecule has 0 aliphatic heterocycles. The largest absolute Gasteiger partial charge is 0.263 e. The summed E-state index contributed by atoms with van der Waals surface area (Å²) >= 11 is 4.21. The van der Waals surface area contributed by atoms with E-state index in [1.807, 2.05) is 6.26 Å². The number of hydrogen-bond acceptors (Lipinski definition) is 7. The van der Waals surface area contributed by atoms with Crippen molar-refractivity contribution >= 4 is 50.0 Å². The van der Waals surface area contributed by atoms with Crippen molar-refractivity contribution in [1.82, 2.24) is 10.2 Å². The molecule has 21 heavy (non-hydrogen) atoms. The predicted molar refractivity (Wildman–Crippen MR) is 89.9 cm³/mol. The van der Waals surface area contributed by atoms with E-state index in [1.165, 1.54) is 23.1 Å². The Hall–Kier alpha value is -1.03. The number of anilines is 1. The molecule has 2 rings (SSSR count). The van der Waals surface area contributed by atoms with Gasteiger partial charge >= 0.3 is 0 Å². The molecule has 9 heteroatoms. The van der Waals surface area contributed by atoms with Crippen molar-refractivity contribution < 1.29 is 8.42 Å². The van der Waals surface area contributed by atoms with Crippen LogP contribution in [-0.2, 0) is 10.0 Å². The van der Waals surface area contributed by atoms with Gasteiger partial charge in [0.2, 0.25) is 5.13 Å². The SMILES string of the molecule is C=CCSc1nnc(NS(=O)(=O)c2ccc(SC)cc2)s1. The van der Waals surface area contributed by atoms with Crippen molar-refractivity contribution in [2.75, 3.05) is 16.7 Å². The Morgan fingerprint density at radius 2 is 2.05 bits per heavy atom. The van der Waals surface area contributed by atoms with Gasteiger partial charge in [-0.05, 0) is 30.5 Å². The van der Waals surface area contributed by atoms with Crippen LogP contribution in [0.2, 0.25) is 0 Å². The molecule has 0 unspecified atom stereocenters. The van der Waals surface area contributed by atoms with Crippen LogP contribution in [0.1, 0.15) is 0 Å². The molecule has 0 radical (unpaired) electrons. The number of benzene rings is 1. The van der Waals surface area contributed by atoms with Crippen LogP contribution in [0.5, 0.6) is 0 Å². The molecule has 5 nitrogen and oxygen atoms in total. The summed E-state index contributed by atoms with van der Waals surface area (Å²) in [6.07, 6.45) is 3.69. The Balaban J connectivity index is 2.12. The van der Waals surface area contributed by atoms with E-state index in [0.29, 0.717) is 10.1 Å². The predicted octanol–water partition coefficient (Wildman–Crippen LogP) is 3.34. The summed E-state index contributed by atoms with van der Waals surface area (Å²) < 4.78 is 27.6. The zero-order chi connectivity index (χ0) is 15.3. The van der Waals surface area contributed by atoms with Gasteiger partial charge in [-0.15, -0.1) is 28.5 Å². The normalized spacial score (nSPS) is 11.3. The van der Waals surface area contributed by atoms with Gasteiger partial charge in [0.1, 0.15) is 0 Å². The van der Waals surface area contributed by atoms with Gasteiger partial charge in [-0.25, -0.2) is 8.42 Å². The minimum atomic E-state index is -3.63. The van der Waals surface area contributed by atoms with Gasteiger partial charge in [-0.3, -0.25) is 4.72 Å². The van der Waals surface area contributed by atoms with Crippen molar-refractivity contribution in [2.24, 2.45) is 0 Å². The molecule has 0 bridgehead atoms. The number of thioether (sulfide) groups is 2. The summed E-state index contributed by atoms with van der Waals surface area (Å²) in [5.41, 5.74) is 0. The molecule has 0 atom stereocenters. The summed E-state index contributed by atoms with van der Waals surface area (Å²) in [6, 6.07) is 6.68. The van der Waals surface area contributed by atoms with Crippen molar-refractivity contribution in [3.8, 4) is 0 Å². The molecule has 0 aliphatic rings. The fourth-order valence-corrected chi connectivity index (χ4v) is 4.52. The lowest BCUT2D eigenvalue weighted by molar-refractivity contribution is 0.601. The van der Waals surface area contributed by atoms with E-state index >= 15 is 0 Å². The highest BCUT2D eigenvalue weighted by Crippen LogP contribution is 2.27. The first-order chi connectivity index (χ1) is 10.0. The summed E-state index contributed by atoms with van der Waals surface area (Å²) in [5, 5.41) is 8.00. The van der Waals surface area contributed by atoms with E-state index in [9.17, 15) is 8.42 Å². The Morgan fingerprint density at radius 1 is 1.33 bits per heavy atom. The third-order valence-corrected chi connectivity index (χ3v) is 6.52. The second kappa shape index (κ2) is 7.30. The molecular weight excluding hydrogens is 346 g/mol. The number of nitrogens with one attached hydrogen (secondary N) is 1. The van der Waals surface area contributed by atoms with Crippen molar-refractivity contribution in [2.45, 2.75) is 14.1 Å². The zero-order valence-electron chi connectivity index (χ0n) is 11.1. The van der Waals surface area contributed by atoms with E-state index < -0.39 is 10.0 Å². The Morgan fingerprint density at radius 3 is 2.67 bits per heavy atom. The quantitative estimate of drug-likeness (QED) is 0.604. The van der Waals surface area contributed by atoms with Crippen LogP contribution < -0.4 is 4.72 Å². The molecule has 2 aromatic rings. The second-order valence-corrected chi connectivity index (χ2v) is 8.56. The van der Waals surface area contributed by atoms with E-state index in [2.05, 4.69) is 21.5 Å². The van der Waals surface area contributed by atoms with Crippen LogP contribution >= 0.6 is 34.9 Å². The topological polar surface area (TPSA) is 72.0 Å². The van der Waals surface area contributed by atoms with Crippen molar-refractivity contribution in [3.05, 3.63) is 36.9 Å². The number of nitrogens with zero attached hydrogens (tertiary/aromatic N) is 2. The third-order valence-electron chi connectivity index (χ3n) is 2.32. The maximum absolute atomic E-state index is 12.2. The Labute approximate surface area is 136 Å². The van der Waals surface area contributed by atoms with Crippen molar-refractivity contribution in [1.29, 1.82) is 0 Å². The highest BCUT2D eigenvalue weighted by Gasteiger charge is 2.16. The first kappa shape index (κ1) is 16.3. The molecule has 0 amide bonds. The molecule has 0 aliphatic carbocycles. The minimum absolute atomic E-state index is 0.204. The summed E-state index contributed by atoms with van der Waals surface area (Å²) in [7, 11) is -3.63. The van der Waals surface area contributed by atoms with Crippen LogP contribution in [0.4, 0.5) is 5.13 Å². The number of hydrogen-bond donors (Lipinski definition) is 1. The van der Waals surface area contributed by atoms with Gasteiger partial charge in [0, 0.05) is 10.6 Å². The lowest BCUT2D eigenvalue weighted by Gasteiger charge is -2.05. The van der Waals surface area contributed by atoms with Gasteiger partial charge in [0.05, 0.1) is 4.90 Å². The summed E-state index contributed by atoms with van der Waals surface area (Å²) in [5.74, 6) is 0.706. The number of aromatic nitrogens is 2. The van der Waals surface area contributed by atoms with Gasteiger partial charge in [0.15, 0.2) is 4.34 Å². The van der Waals surface area contributed by atoms with Gasteiger partial charge in [0.25, 0.3) is 10.0 Å². The smallest absolute Gasteiger partial charge is 0.253 e. The number of rotatable bonds is 7. The minimum Gasteiger partial charge on any atom is -0.253 e. The fourth-order valence-electron chi connectivity index (χ4n) is 1.37. The molecule has 112 valence electrons. The second-order valence-electron chi connectivity index (χ2n) is 3.75. The van der Waals surface area contributed by atoms with Crippen molar-refractivity contribution in [3.63, 3.8) is 0 Å². The van der Waals surface area contributed by atoms with Gasteiger partial charge < -0.3 is 0 Å². The number of sulfonamides is 1. The Bertz CT molecular complexity index is 710. The summed E-state index contributed by atoms with van der Waals surface area (Å²) in [4.78, 5) is 1.21. The average Bonchev–Trinajstić information content (AvgIpc) is 2.92. The third kappa shape index (κ3) is 4.47. The summed E-state index contributed by atoms with van der Waals surface area (Å²) in [6.45, 7) is 3.62. The molecule has 1 heterocycles. The fraction of sp³-hybridized carbons (Fsp3) is 0.167. The van der Waals surface area contributed by atoms with E-state index in [0.717, 1.165) is 4.90 Å². The first-order valence-electron chi connectivity index (χ1n) is 5.79. The maximum atomic E-state index is 12.2. The molecule has 1 aromatic heterocycles. The standard InChI is InChI=1S/C12H13N3O2S4/c1-3-8-19-12-14-13-11(20-12)15-21(16,17)10-6-4-9(18-2)5-7-10/h3-7H,1,8H2,2H3,(H,13,15). The molecule has 0 fully saturated rings. The first-order valence-corrected chi connectivity index (χ1v) is 10.3. The van der Waals surface area contributed by atoms with Crippen LogP contribution in [0, 0.1) is 0 Å². The van der Waals surface area contributed by atoms with Crippen LogP contribution in [0.25, 0.3) is 0 Å². The van der Waals surface area contributed by atoms with Crippen LogP contribution in [0.3, 0.4) is 0 Å². The highest BCUT2D eigenvalue weighted by atomic mass is 32.2. The lowest BCUT2D eigenvalue weighted by Crippen LogP contribution is -2.12. The van der Waals surface area contributed by atoms with E-state index in [1.54, 1.807) is 42.1 Å². The molecule has 0 spiro atoms. The molecule has 0 saturated carbocycles. The van der Waals surface area contributed by atoms with E-state index in [4.69, 9.17) is 0 Å². The average molecular weight is 360 g/mol. The lowest BCUT2D eigenvalue weighted by atomic mass is 10.4. The molecular formula is C12H13N3O2S4. The van der Waals surface area contributed by atoms with E-state index in [-0.39, 0.29) is 10.0 Å². The van der Waals surface area contributed by atoms with Gasteiger partial charge in [-0.1, -0.05) is 29.2 Å². The highest BCUT2D eigenvalue weighted by molar-refractivity contribution is 8.01. The maximum Gasteiger partial charge on any atom is 0.263 e. The molecule has 0 saturated heterocycles. The van der Waals surface area contributed by atoms with Gasteiger partial charge in [-0.2, -0.15) is 0 Å². The molecule has 1 aromatic carbocycles. The zero-order valence-corrected chi connectivity index (χ0v) is 14.4. The monoisotopic (exact) mass is 359 g/mol. The van der Waals surface area contributed by atoms with Crippen LogP contribution in [-0.4, -0.2) is 30.6 Å². The molecule has 1 N–H and O–H groups in total. The van der Waals surface area contributed by atoms with Crippen LogP contribution in [0.15, 0.2) is 51.1 Å². The Kier molecular flexibility index (Phi) is 5.68.